The van der Waals surface area contributed by atoms with Crippen LogP contribution in [0.4, 0.5) is 0 Å². The van der Waals surface area contributed by atoms with Gasteiger partial charge in [-0.3, -0.25) is 0 Å². The van der Waals surface area contributed by atoms with Gasteiger partial charge >= 0.3 is 0 Å². The van der Waals surface area contributed by atoms with Crippen molar-refractivity contribution in [2.24, 2.45) is 16.7 Å². The average molecular weight is 169 g/mol. The Morgan fingerprint density at radius 1 is 1.08 bits per heavy atom. The van der Waals surface area contributed by atoms with Crippen LogP contribution in [0.1, 0.15) is 34.6 Å². The van der Waals surface area contributed by atoms with Crippen molar-refractivity contribution in [3.05, 3.63) is 0 Å². The molecule has 1 atom stereocenters. The summed E-state index contributed by atoms with van der Waals surface area (Å²) in [5, 5.41) is 0. The summed E-state index contributed by atoms with van der Waals surface area (Å²) in [7, 11) is 2.23. The van der Waals surface area contributed by atoms with Crippen LogP contribution < -0.4 is 0 Å². The lowest BCUT2D eigenvalue weighted by atomic mass is 9.63. The molecule has 0 aromatic rings. The van der Waals surface area contributed by atoms with Crippen LogP contribution in [0, 0.1) is 16.7 Å². The van der Waals surface area contributed by atoms with E-state index < -0.39 is 0 Å². The van der Waals surface area contributed by atoms with Gasteiger partial charge in [0.05, 0.1) is 0 Å². The minimum atomic E-state index is 0.468. The van der Waals surface area contributed by atoms with Gasteiger partial charge in [0.1, 0.15) is 0 Å². The molecule has 72 valence electrons. The lowest BCUT2D eigenvalue weighted by molar-refractivity contribution is 0.0948. The normalized spacial score (nSPS) is 36.2. The molecule has 1 aliphatic heterocycles. The molecule has 0 N–H and O–H groups in total. The first kappa shape index (κ1) is 10.0. The van der Waals surface area contributed by atoms with E-state index in [9.17, 15) is 0 Å². The monoisotopic (exact) mass is 169 g/mol. The molecule has 0 aromatic heterocycles. The Morgan fingerprint density at radius 3 is 1.75 bits per heavy atom. The molecule has 0 aromatic carbocycles. The third-order valence-electron chi connectivity index (χ3n) is 4.08. The van der Waals surface area contributed by atoms with Crippen molar-refractivity contribution in [2.75, 3.05) is 20.1 Å². The van der Waals surface area contributed by atoms with Crippen molar-refractivity contribution in [3.63, 3.8) is 0 Å². The smallest absolute Gasteiger partial charge is 0.00406 e. The summed E-state index contributed by atoms with van der Waals surface area (Å²) < 4.78 is 0. The van der Waals surface area contributed by atoms with E-state index >= 15 is 0 Å². The van der Waals surface area contributed by atoms with E-state index in [-0.39, 0.29) is 0 Å². The molecule has 1 saturated heterocycles. The molecule has 0 saturated carbocycles. The molecule has 1 aliphatic rings. The predicted octanol–water partition coefficient (Wildman–Crippen LogP) is 2.62. The number of likely N-dealkylation sites (tertiary alicyclic amines) is 1. The maximum atomic E-state index is 2.46. The van der Waals surface area contributed by atoms with Crippen molar-refractivity contribution < 1.29 is 0 Å². The molecule has 0 radical (unpaired) electrons. The van der Waals surface area contributed by atoms with Crippen molar-refractivity contribution in [2.45, 2.75) is 34.6 Å². The van der Waals surface area contributed by atoms with Crippen molar-refractivity contribution >= 4 is 0 Å². The Hall–Kier alpha value is -0.0400. The summed E-state index contributed by atoms with van der Waals surface area (Å²) in [6, 6.07) is 0. The van der Waals surface area contributed by atoms with Crippen LogP contribution in [0.25, 0.3) is 0 Å². The zero-order valence-electron chi connectivity index (χ0n) is 9.44. The molecular formula is C11H23N. The Bertz CT molecular complexity index is 172. The maximum Gasteiger partial charge on any atom is 0.00406 e. The quantitative estimate of drug-likeness (QED) is 0.583. The van der Waals surface area contributed by atoms with E-state index in [0.717, 1.165) is 5.92 Å². The van der Waals surface area contributed by atoms with E-state index in [4.69, 9.17) is 0 Å². The van der Waals surface area contributed by atoms with E-state index in [2.05, 4.69) is 46.6 Å². The minimum Gasteiger partial charge on any atom is -0.305 e. The average Bonchev–Trinajstić information content (AvgIpc) is 2.02. The van der Waals surface area contributed by atoms with Crippen LogP contribution in [0.3, 0.4) is 0 Å². The second-order valence-electron chi connectivity index (χ2n) is 5.63. The zero-order valence-corrected chi connectivity index (χ0v) is 9.44. The lowest BCUT2D eigenvalue weighted by Crippen LogP contribution is -2.38. The largest absolute Gasteiger partial charge is 0.305 e. The molecule has 1 unspecified atom stereocenters. The SMILES string of the molecule is CC(C)C1(C)CN(C)CC1(C)C. The number of rotatable bonds is 1. The van der Waals surface area contributed by atoms with Gasteiger partial charge in [0.2, 0.25) is 0 Å². The Labute approximate surface area is 77.1 Å². The molecule has 1 heteroatoms. The number of hydrogen-bond donors (Lipinski definition) is 0. The maximum absolute atomic E-state index is 2.46. The van der Waals surface area contributed by atoms with Crippen LogP contribution in [0.2, 0.25) is 0 Å². The van der Waals surface area contributed by atoms with Gasteiger partial charge in [-0.05, 0) is 23.8 Å². The van der Waals surface area contributed by atoms with Gasteiger partial charge in [-0.2, -0.15) is 0 Å². The Kier molecular flexibility index (Phi) is 2.28. The number of nitrogens with zero attached hydrogens (tertiary/aromatic N) is 1. The van der Waals surface area contributed by atoms with Gasteiger partial charge < -0.3 is 4.90 Å². The first-order valence-corrected chi connectivity index (χ1v) is 4.98. The van der Waals surface area contributed by atoms with E-state index in [0.29, 0.717) is 10.8 Å². The fraction of sp³-hybridized carbons (Fsp3) is 1.00. The van der Waals surface area contributed by atoms with Crippen molar-refractivity contribution in [3.8, 4) is 0 Å². The summed E-state index contributed by atoms with van der Waals surface area (Å²) in [5.74, 6) is 0.775. The molecule has 12 heavy (non-hydrogen) atoms. The predicted molar refractivity (Wildman–Crippen MR) is 54.2 cm³/mol. The van der Waals surface area contributed by atoms with Crippen LogP contribution in [-0.2, 0) is 0 Å². The first-order chi connectivity index (χ1) is 5.29. The summed E-state index contributed by atoms with van der Waals surface area (Å²) in [6.07, 6.45) is 0. The minimum absolute atomic E-state index is 0.468. The second kappa shape index (κ2) is 2.73. The Morgan fingerprint density at radius 2 is 1.58 bits per heavy atom. The fourth-order valence-electron chi connectivity index (χ4n) is 2.65. The highest BCUT2D eigenvalue weighted by molar-refractivity contribution is 5.00. The van der Waals surface area contributed by atoms with Gasteiger partial charge in [-0.1, -0.05) is 34.6 Å². The highest BCUT2D eigenvalue weighted by Gasteiger charge is 2.49. The van der Waals surface area contributed by atoms with Gasteiger partial charge in [0, 0.05) is 13.1 Å². The van der Waals surface area contributed by atoms with Crippen LogP contribution in [-0.4, -0.2) is 25.0 Å². The topological polar surface area (TPSA) is 3.24 Å². The highest BCUT2D eigenvalue weighted by Crippen LogP contribution is 2.49. The van der Waals surface area contributed by atoms with Gasteiger partial charge in [-0.25, -0.2) is 0 Å². The van der Waals surface area contributed by atoms with Gasteiger partial charge in [0.25, 0.3) is 0 Å². The third-order valence-corrected chi connectivity index (χ3v) is 4.08. The highest BCUT2D eigenvalue weighted by atomic mass is 15.1. The van der Waals surface area contributed by atoms with Gasteiger partial charge in [-0.15, -0.1) is 0 Å². The molecule has 1 nitrogen and oxygen atoms in total. The fourth-order valence-corrected chi connectivity index (χ4v) is 2.65. The standard InChI is InChI=1S/C11H23N/c1-9(2)11(5)8-12(6)7-10(11,3)4/h9H,7-8H2,1-6H3. The summed E-state index contributed by atoms with van der Waals surface area (Å²) >= 11 is 0. The van der Waals surface area contributed by atoms with E-state index in [1.807, 2.05) is 0 Å². The summed E-state index contributed by atoms with van der Waals surface area (Å²) in [4.78, 5) is 2.46. The third kappa shape index (κ3) is 1.28. The molecule has 1 fully saturated rings. The molecular weight excluding hydrogens is 146 g/mol. The van der Waals surface area contributed by atoms with Crippen molar-refractivity contribution in [1.29, 1.82) is 0 Å². The molecule has 0 aliphatic carbocycles. The van der Waals surface area contributed by atoms with E-state index in [1.54, 1.807) is 0 Å². The van der Waals surface area contributed by atoms with Gasteiger partial charge in [0.15, 0.2) is 0 Å². The molecule has 0 amide bonds. The summed E-state index contributed by atoms with van der Waals surface area (Å²) in [5.41, 5.74) is 0.956. The summed E-state index contributed by atoms with van der Waals surface area (Å²) in [6.45, 7) is 14.4. The molecule has 0 spiro atoms. The van der Waals surface area contributed by atoms with Crippen LogP contribution in [0.15, 0.2) is 0 Å². The number of hydrogen-bond acceptors (Lipinski definition) is 1. The lowest BCUT2D eigenvalue weighted by Gasteiger charge is -2.40. The van der Waals surface area contributed by atoms with Crippen LogP contribution >= 0.6 is 0 Å². The Balaban J connectivity index is 2.90. The zero-order chi connectivity index (χ0) is 9.57. The first-order valence-electron chi connectivity index (χ1n) is 4.98. The van der Waals surface area contributed by atoms with Crippen molar-refractivity contribution in [1.82, 2.24) is 4.90 Å². The molecule has 1 heterocycles. The molecule has 0 bridgehead atoms. The van der Waals surface area contributed by atoms with Crippen LogP contribution in [0.5, 0.6) is 0 Å². The molecule has 1 rings (SSSR count). The second-order valence-corrected chi connectivity index (χ2v) is 5.63. The van der Waals surface area contributed by atoms with E-state index in [1.165, 1.54) is 13.1 Å².